The lowest BCUT2D eigenvalue weighted by Gasteiger charge is -2.38. The van der Waals surface area contributed by atoms with E-state index >= 15 is 4.39 Å². The molecular weight excluding hydrogens is 482 g/mol. The summed E-state index contributed by atoms with van der Waals surface area (Å²) in [6.45, 7) is 7.32. The summed E-state index contributed by atoms with van der Waals surface area (Å²) in [6, 6.07) is 1.44. The standard InChI is InChI=1S/C25H33Cl2FN2O4/c1-24(2,3)34-23(33)29-17-8-12(9-18(17)31)22(32)30-21(25(4)10-13-7-14(13)11-25)19-16(28)6-5-15(26)20(19)27/h5-6,12-14,17-18,21,31H,7-11H2,1-4H3,(H,29,33)(H,30,32)/t12-,13?,14?,17-,18+,21+,25?/m0/s1. The van der Waals surface area contributed by atoms with Crippen LogP contribution in [0.2, 0.25) is 10.0 Å². The van der Waals surface area contributed by atoms with E-state index in [-0.39, 0.29) is 39.8 Å². The van der Waals surface area contributed by atoms with Crippen molar-refractivity contribution in [3.05, 3.63) is 33.6 Å². The topological polar surface area (TPSA) is 87.7 Å². The first-order valence-electron chi connectivity index (χ1n) is 11.9. The summed E-state index contributed by atoms with van der Waals surface area (Å²) < 4.78 is 20.3. The lowest BCUT2D eigenvalue weighted by atomic mass is 9.74. The fraction of sp³-hybridized carbons (Fsp3) is 0.680. The van der Waals surface area contributed by atoms with Gasteiger partial charge < -0.3 is 20.5 Å². The molecule has 3 saturated carbocycles. The second-order valence-electron chi connectivity index (χ2n) is 11.5. The van der Waals surface area contributed by atoms with Crippen LogP contribution in [-0.4, -0.2) is 34.9 Å². The predicted octanol–water partition coefficient (Wildman–Crippen LogP) is 5.39. The average molecular weight is 515 g/mol. The molecule has 3 N–H and O–H groups in total. The molecule has 3 fully saturated rings. The molecule has 0 saturated heterocycles. The van der Waals surface area contributed by atoms with Crippen molar-refractivity contribution in [1.29, 1.82) is 0 Å². The zero-order valence-electron chi connectivity index (χ0n) is 20.0. The van der Waals surface area contributed by atoms with Gasteiger partial charge in [-0.2, -0.15) is 0 Å². The Morgan fingerprint density at radius 2 is 1.82 bits per heavy atom. The fourth-order valence-corrected chi connectivity index (χ4v) is 6.26. The van der Waals surface area contributed by atoms with Gasteiger partial charge in [0, 0.05) is 11.5 Å². The van der Waals surface area contributed by atoms with Crippen LogP contribution in [0.3, 0.4) is 0 Å². The van der Waals surface area contributed by atoms with Crippen LogP contribution in [0.1, 0.15) is 71.4 Å². The maximum atomic E-state index is 15.0. The maximum absolute atomic E-state index is 15.0. The van der Waals surface area contributed by atoms with Crippen molar-refractivity contribution in [1.82, 2.24) is 10.6 Å². The molecule has 3 aliphatic rings. The van der Waals surface area contributed by atoms with E-state index < -0.39 is 41.6 Å². The first kappa shape index (κ1) is 25.5. The molecule has 0 spiro atoms. The minimum Gasteiger partial charge on any atom is -0.444 e. The van der Waals surface area contributed by atoms with Gasteiger partial charge in [0.2, 0.25) is 5.91 Å². The lowest BCUT2D eigenvalue weighted by Crippen LogP contribution is -2.43. The number of nitrogens with one attached hydrogen (secondary N) is 2. The quantitative estimate of drug-likeness (QED) is 0.459. The number of carbonyl (C=O) groups excluding carboxylic acids is 2. The molecule has 34 heavy (non-hydrogen) atoms. The molecule has 188 valence electrons. The Morgan fingerprint density at radius 1 is 1.18 bits per heavy atom. The number of ether oxygens (including phenoxy) is 1. The lowest BCUT2D eigenvalue weighted by molar-refractivity contribution is -0.126. The summed E-state index contributed by atoms with van der Waals surface area (Å²) in [4.78, 5) is 25.5. The highest BCUT2D eigenvalue weighted by atomic mass is 35.5. The smallest absolute Gasteiger partial charge is 0.407 e. The highest BCUT2D eigenvalue weighted by Crippen LogP contribution is 2.64. The van der Waals surface area contributed by atoms with E-state index in [4.69, 9.17) is 27.9 Å². The third kappa shape index (κ3) is 5.31. The first-order valence-corrected chi connectivity index (χ1v) is 12.6. The summed E-state index contributed by atoms with van der Waals surface area (Å²) in [5, 5.41) is 16.6. The normalized spacial score (nSPS) is 33.2. The van der Waals surface area contributed by atoms with Crippen LogP contribution >= 0.6 is 23.2 Å². The van der Waals surface area contributed by atoms with Crippen molar-refractivity contribution in [3.63, 3.8) is 0 Å². The first-order chi connectivity index (χ1) is 15.8. The Kier molecular flexibility index (Phi) is 6.86. The Bertz CT molecular complexity index is 972. The Hall–Kier alpha value is -1.57. The van der Waals surface area contributed by atoms with Crippen molar-refractivity contribution in [2.24, 2.45) is 23.2 Å². The number of alkyl carbamates (subject to hydrolysis) is 1. The third-order valence-corrected chi connectivity index (χ3v) is 8.30. The molecule has 1 aromatic carbocycles. The van der Waals surface area contributed by atoms with Gasteiger partial charge in [0.15, 0.2) is 0 Å². The van der Waals surface area contributed by atoms with Crippen molar-refractivity contribution in [2.45, 2.75) is 83.6 Å². The maximum Gasteiger partial charge on any atom is 0.407 e. The predicted molar refractivity (Wildman–Crippen MR) is 128 cm³/mol. The average Bonchev–Trinajstić information content (AvgIpc) is 3.16. The minimum absolute atomic E-state index is 0.115. The highest BCUT2D eigenvalue weighted by molar-refractivity contribution is 6.42. The van der Waals surface area contributed by atoms with Crippen LogP contribution in [0.5, 0.6) is 0 Å². The number of aliphatic hydroxyl groups excluding tert-OH is 1. The van der Waals surface area contributed by atoms with Gasteiger partial charge in [0.05, 0.1) is 28.2 Å². The van der Waals surface area contributed by atoms with Crippen molar-refractivity contribution in [2.75, 3.05) is 0 Å². The SMILES string of the molecule is CC(C)(C)OC(=O)N[C@H]1C[C@H](C(=O)N[C@H](c2c(F)ccc(Cl)c2Cl)C2(C)CC3CC3C2)C[C@H]1O. The summed E-state index contributed by atoms with van der Waals surface area (Å²) >= 11 is 12.7. The number of hydrogen-bond acceptors (Lipinski definition) is 4. The molecule has 3 aliphatic carbocycles. The number of hydrogen-bond donors (Lipinski definition) is 3. The second kappa shape index (κ2) is 9.14. The van der Waals surface area contributed by atoms with E-state index in [0.29, 0.717) is 11.8 Å². The van der Waals surface area contributed by atoms with Gasteiger partial charge in [-0.15, -0.1) is 0 Å². The molecule has 0 radical (unpaired) electrons. The zero-order valence-corrected chi connectivity index (χ0v) is 21.5. The molecule has 9 heteroatoms. The van der Waals surface area contributed by atoms with Crippen molar-refractivity contribution in [3.8, 4) is 0 Å². The molecule has 4 rings (SSSR count). The molecule has 0 aliphatic heterocycles. The number of halogens is 3. The van der Waals surface area contributed by atoms with Crippen LogP contribution in [0, 0.1) is 29.0 Å². The fourth-order valence-electron chi connectivity index (χ4n) is 5.83. The molecule has 0 bridgehead atoms. The van der Waals surface area contributed by atoms with Gasteiger partial charge in [-0.1, -0.05) is 30.1 Å². The highest BCUT2D eigenvalue weighted by Gasteiger charge is 2.56. The Balaban J connectivity index is 1.51. The number of amides is 2. The molecule has 6 atom stereocenters. The van der Waals surface area contributed by atoms with E-state index in [1.807, 2.05) is 0 Å². The summed E-state index contributed by atoms with van der Waals surface area (Å²) in [7, 11) is 0. The van der Waals surface area contributed by atoms with Crippen LogP contribution in [0.25, 0.3) is 0 Å². The number of benzene rings is 1. The monoisotopic (exact) mass is 514 g/mol. The van der Waals surface area contributed by atoms with E-state index in [2.05, 4.69) is 17.6 Å². The van der Waals surface area contributed by atoms with Gasteiger partial charge in [-0.25, -0.2) is 9.18 Å². The van der Waals surface area contributed by atoms with Gasteiger partial charge >= 0.3 is 6.09 Å². The van der Waals surface area contributed by atoms with E-state index in [1.165, 1.54) is 18.6 Å². The largest absolute Gasteiger partial charge is 0.444 e. The van der Waals surface area contributed by atoms with Crippen molar-refractivity contribution < 1.29 is 23.8 Å². The number of rotatable bonds is 5. The summed E-state index contributed by atoms with van der Waals surface area (Å²) in [5.41, 5.74) is -0.813. The Labute approximate surface area is 209 Å². The second-order valence-corrected chi connectivity index (χ2v) is 12.3. The number of carbonyl (C=O) groups is 2. The van der Waals surface area contributed by atoms with E-state index in [1.54, 1.807) is 20.8 Å². The molecule has 0 aromatic heterocycles. The van der Waals surface area contributed by atoms with Crippen LogP contribution in [0.4, 0.5) is 9.18 Å². The van der Waals surface area contributed by atoms with Gasteiger partial charge in [-0.05, 0) is 82.3 Å². The molecule has 6 nitrogen and oxygen atoms in total. The number of fused-ring (bicyclic) bond motifs is 1. The van der Waals surface area contributed by atoms with Gasteiger partial charge in [0.1, 0.15) is 11.4 Å². The molecule has 2 amide bonds. The van der Waals surface area contributed by atoms with Crippen LogP contribution < -0.4 is 10.6 Å². The molecule has 1 aromatic rings. The molecular formula is C25H33Cl2FN2O4. The summed E-state index contributed by atoms with van der Waals surface area (Å²) in [5.74, 6) is -0.146. The van der Waals surface area contributed by atoms with Crippen LogP contribution in [-0.2, 0) is 9.53 Å². The van der Waals surface area contributed by atoms with Gasteiger partial charge in [0.25, 0.3) is 0 Å². The number of aliphatic hydroxyl groups is 1. The summed E-state index contributed by atoms with van der Waals surface area (Å²) in [6.07, 6.45) is 1.85. The molecule has 2 unspecified atom stereocenters. The zero-order chi connectivity index (χ0) is 25.0. The van der Waals surface area contributed by atoms with Crippen molar-refractivity contribution >= 4 is 35.2 Å². The molecule has 0 heterocycles. The van der Waals surface area contributed by atoms with Crippen LogP contribution in [0.15, 0.2) is 12.1 Å². The third-order valence-electron chi connectivity index (χ3n) is 7.48. The van der Waals surface area contributed by atoms with E-state index in [0.717, 1.165) is 12.8 Å². The Morgan fingerprint density at radius 3 is 2.44 bits per heavy atom. The van der Waals surface area contributed by atoms with E-state index in [9.17, 15) is 14.7 Å². The minimum atomic E-state index is -0.886. The van der Waals surface area contributed by atoms with Gasteiger partial charge in [-0.3, -0.25) is 4.79 Å².